The maximum absolute atomic E-state index is 9.98. The maximum atomic E-state index is 9.98. The molecule has 1 aliphatic rings. The van der Waals surface area contributed by atoms with E-state index in [9.17, 15) is 5.11 Å². The fourth-order valence-corrected chi connectivity index (χ4v) is 2.79. The summed E-state index contributed by atoms with van der Waals surface area (Å²) in [7, 11) is 1.69. The van der Waals surface area contributed by atoms with E-state index in [1.165, 1.54) is 12.8 Å². The maximum Gasteiger partial charge on any atom is 0.0791 e. The van der Waals surface area contributed by atoms with E-state index in [1.54, 1.807) is 7.11 Å². The van der Waals surface area contributed by atoms with E-state index in [1.807, 2.05) is 0 Å². The average molecular weight is 272 g/mol. The van der Waals surface area contributed by atoms with Crippen LogP contribution in [0.4, 0.5) is 0 Å². The SMILES string of the molecule is COCCNCC(O)CN1CCC(C(C)(C)C)CC1. The molecular weight excluding hydrogens is 240 g/mol. The highest BCUT2D eigenvalue weighted by atomic mass is 16.5. The highest BCUT2D eigenvalue weighted by Gasteiger charge is 2.29. The molecule has 2 N–H and O–H groups in total. The molecule has 0 amide bonds. The van der Waals surface area contributed by atoms with E-state index in [0.29, 0.717) is 18.6 Å². The summed E-state index contributed by atoms with van der Waals surface area (Å²) < 4.78 is 4.96. The third kappa shape index (κ3) is 6.70. The normalized spacial score (nSPS) is 20.7. The summed E-state index contributed by atoms with van der Waals surface area (Å²) >= 11 is 0. The second kappa shape index (κ2) is 8.20. The first-order valence-corrected chi connectivity index (χ1v) is 7.53. The highest BCUT2D eigenvalue weighted by molar-refractivity contribution is 4.81. The van der Waals surface area contributed by atoms with E-state index in [4.69, 9.17) is 4.74 Å². The molecule has 0 aromatic carbocycles. The minimum atomic E-state index is -0.275. The van der Waals surface area contributed by atoms with Crippen molar-refractivity contribution in [3.63, 3.8) is 0 Å². The van der Waals surface area contributed by atoms with Crippen molar-refractivity contribution in [2.45, 2.75) is 39.7 Å². The molecular formula is C15H32N2O2. The molecule has 0 aromatic rings. The second-order valence-electron chi connectivity index (χ2n) is 6.79. The molecule has 0 saturated carbocycles. The van der Waals surface area contributed by atoms with Crippen molar-refractivity contribution in [3.05, 3.63) is 0 Å². The van der Waals surface area contributed by atoms with Gasteiger partial charge in [0, 0.05) is 26.7 Å². The third-order valence-corrected chi connectivity index (χ3v) is 4.14. The first kappa shape index (κ1) is 16.9. The molecule has 0 bridgehead atoms. The van der Waals surface area contributed by atoms with Crippen LogP contribution in [0.25, 0.3) is 0 Å². The van der Waals surface area contributed by atoms with Crippen molar-refractivity contribution in [1.29, 1.82) is 0 Å². The molecule has 0 spiro atoms. The van der Waals surface area contributed by atoms with Crippen LogP contribution >= 0.6 is 0 Å². The molecule has 0 aliphatic carbocycles. The summed E-state index contributed by atoms with van der Waals surface area (Å²) in [5.74, 6) is 0.820. The average Bonchev–Trinajstić information content (AvgIpc) is 2.34. The molecule has 0 aromatic heterocycles. The lowest BCUT2D eigenvalue weighted by atomic mass is 9.75. The molecule has 0 radical (unpaired) electrons. The molecule has 19 heavy (non-hydrogen) atoms. The predicted octanol–water partition coefficient (Wildman–Crippen LogP) is 1.34. The van der Waals surface area contributed by atoms with Gasteiger partial charge in [-0.05, 0) is 37.3 Å². The number of nitrogens with zero attached hydrogens (tertiary/aromatic N) is 1. The molecule has 1 rings (SSSR count). The molecule has 1 atom stereocenters. The first-order valence-electron chi connectivity index (χ1n) is 7.53. The van der Waals surface area contributed by atoms with E-state index in [2.05, 4.69) is 31.0 Å². The molecule has 1 unspecified atom stereocenters. The summed E-state index contributed by atoms with van der Waals surface area (Å²) in [4.78, 5) is 2.39. The zero-order valence-electron chi connectivity index (χ0n) is 13.1. The fraction of sp³-hybridized carbons (Fsp3) is 1.00. The molecule has 1 fully saturated rings. The number of β-amino-alcohol motifs (C(OH)–C–C–N with tert-alkyl or cyclic N) is 1. The fourth-order valence-electron chi connectivity index (χ4n) is 2.79. The number of ether oxygens (including phenoxy) is 1. The molecule has 114 valence electrons. The third-order valence-electron chi connectivity index (χ3n) is 4.14. The molecule has 1 saturated heterocycles. The van der Waals surface area contributed by atoms with Crippen LogP contribution in [0.3, 0.4) is 0 Å². The lowest BCUT2D eigenvalue weighted by Gasteiger charge is -2.39. The Kier molecular flexibility index (Phi) is 7.29. The van der Waals surface area contributed by atoms with Crippen LogP contribution in [-0.2, 0) is 4.74 Å². The van der Waals surface area contributed by atoms with Crippen LogP contribution < -0.4 is 5.32 Å². The zero-order valence-corrected chi connectivity index (χ0v) is 13.1. The van der Waals surface area contributed by atoms with Gasteiger partial charge in [0.1, 0.15) is 0 Å². The summed E-state index contributed by atoms with van der Waals surface area (Å²) in [5, 5.41) is 13.2. The zero-order chi connectivity index (χ0) is 14.3. The van der Waals surface area contributed by atoms with Gasteiger partial charge in [0.25, 0.3) is 0 Å². The Hall–Kier alpha value is -0.160. The van der Waals surface area contributed by atoms with Gasteiger partial charge in [-0.3, -0.25) is 0 Å². The quantitative estimate of drug-likeness (QED) is 0.687. The highest BCUT2D eigenvalue weighted by Crippen LogP contribution is 2.34. The number of methoxy groups -OCH3 is 1. The molecule has 1 heterocycles. The van der Waals surface area contributed by atoms with Crippen molar-refractivity contribution in [2.75, 3.05) is 46.4 Å². The Morgan fingerprint density at radius 3 is 2.47 bits per heavy atom. The monoisotopic (exact) mass is 272 g/mol. The van der Waals surface area contributed by atoms with Crippen LogP contribution in [0.1, 0.15) is 33.6 Å². The first-order chi connectivity index (χ1) is 8.93. The number of rotatable bonds is 7. The van der Waals surface area contributed by atoms with Crippen LogP contribution in [0.15, 0.2) is 0 Å². The molecule has 4 nitrogen and oxygen atoms in total. The topological polar surface area (TPSA) is 44.7 Å². The van der Waals surface area contributed by atoms with Crippen LogP contribution in [0.2, 0.25) is 0 Å². The Balaban J connectivity index is 2.14. The number of likely N-dealkylation sites (tertiary alicyclic amines) is 1. The van der Waals surface area contributed by atoms with Crippen molar-refractivity contribution in [2.24, 2.45) is 11.3 Å². The Morgan fingerprint density at radius 2 is 1.95 bits per heavy atom. The van der Waals surface area contributed by atoms with Gasteiger partial charge in [-0.1, -0.05) is 20.8 Å². The van der Waals surface area contributed by atoms with Gasteiger partial charge in [-0.2, -0.15) is 0 Å². The lowest BCUT2D eigenvalue weighted by molar-refractivity contribution is 0.0646. The van der Waals surface area contributed by atoms with E-state index < -0.39 is 0 Å². The van der Waals surface area contributed by atoms with Gasteiger partial charge in [0.2, 0.25) is 0 Å². The van der Waals surface area contributed by atoms with Crippen molar-refractivity contribution >= 4 is 0 Å². The standard InChI is InChI=1S/C15H32N2O2/c1-15(2,3)13-5-8-17(9-6-13)12-14(18)11-16-7-10-19-4/h13-14,16,18H,5-12H2,1-4H3. The van der Waals surface area contributed by atoms with Gasteiger partial charge in [-0.25, -0.2) is 0 Å². The van der Waals surface area contributed by atoms with Crippen LogP contribution in [-0.4, -0.2) is 62.6 Å². The number of hydrogen-bond donors (Lipinski definition) is 2. The van der Waals surface area contributed by atoms with Gasteiger partial charge >= 0.3 is 0 Å². The van der Waals surface area contributed by atoms with Gasteiger partial charge in [0.05, 0.1) is 12.7 Å². The van der Waals surface area contributed by atoms with Crippen molar-refractivity contribution in [3.8, 4) is 0 Å². The largest absolute Gasteiger partial charge is 0.390 e. The summed E-state index contributed by atoms with van der Waals surface area (Å²) in [5.41, 5.74) is 0.423. The smallest absolute Gasteiger partial charge is 0.0791 e. The minimum Gasteiger partial charge on any atom is -0.390 e. The Bertz CT molecular complexity index is 233. The molecule has 1 aliphatic heterocycles. The summed E-state index contributed by atoms with van der Waals surface area (Å²) in [6, 6.07) is 0. The molecule has 4 heteroatoms. The number of aliphatic hydroxyl groups excluding tert-OH is 1. The second-order valence-corrected chi connectivity index (χ2v) is 6.79. The number of nitrogens with one attached hydrogen (secondary N) is 1. The lowest BCUT2D eigenvalue weighted by Crippen LogP contribution is -2.44. The minimum absolute atomic E-state index is 0.275. The van der Waals surface area contributed by atoms with Gasteiger partial charge < -0.3 is 20.1 Å². The number of hydrogen-bond acceptors (Lipinski definition) is 4. The van der Waals surface area contributed by atoms with E-state index in [0.717, 1.165) is 32.1 Å². The number of aliphatic hydroxyl groups is 1. The van der Waals surface area contributed by atoms with Crippen LogP contribution in [0, 0.1) is 11.3 Å². The Morgan fingerprint density at radius 1 is 1.32 bits per heavy atom. The van der Waals surface area contributed by atoms with Crippen LogP contribution in [0.5, 0.6) is 0 Å². The summed E-state index contributed by atoms with van der Waals surface area (Å²) in [6.07, 6.45) is 2.24. The van der Waals surface area contributed by atoms with Gasteiger partial charge in [0.15, 0.2) is 0 Å². The van der Waals surface area contributed by atoms with E-state index in [-0.39, 0.29) is 6.10 Å². The van der Waals surface area contributed by atoms with E-state index >= 15 is 0 Å². The Labute approximate surface area is 118 Å². The van der Waals surface area contributed by atoms with Crippen molar-refractivity contribution in [1.82, 2.24) is 10.2 Å². The van der Waals surface area contributed by atoms with Crippen molar-refractivity contribution < 1.29 is 9.84 Å². The van der Waals surface area contributed by atoms with Gasteiger partial charge in [-0.15, -0.1) is 0 Å². The number of piperidine rings is 1. The summed E-state index contributed by atoms with van der Waals surface area (Å²) in [6.45, 7) is 12.2. The predicted molar refractivity (Wildman–Crippen MR) is 79.4 cm³/mol.